The number of nitrogens with one attached hydrogen (secondary N) is 2. The SMILES string of the molecule is Cc1c(C(=O)Nc2ccc(F)c(C(F)F)c2)c2n(c1C(=O)C(=O)NC(C)(C)C)CCCC2. The molecule has 1 aromatic carbocycles. The largest absolute Gasteiger partial charge is 0.345 e. The van der Waals surface area contributed by atoms with E-state index in [-0.39, 0.29) is 16.9 Å². The summed E-state index contributed by atoms with van der Waals surface area (Å²) in [4.78, 5) is 38.6. The van der Waals surface area contributed by atoms with Crippen molar-refractivity contribution in [2.45, 2.75) is 65.5 Å². The van der Waals surface area contributed by atoms with Crippen LogP contribution in [-0.4, -0.2) is 27.7 Å². The van der Waals surface area contributed by atoms with Gasteiger partial charge in [-0.3, -0.25) is 14.4 Å². The maximum atomic E-state index is 13.6. The summed E-state index contributed by atoms with van der Waals surface area (Å²) in [7, 11) is 0. The summed E-state index contributed by atoms with van der Waals surface area (Å²) >= 11 is 0. The molecule has 172 valence electrons. The third-order valence-corrected chi connectivity index (χ3v) is 5.29. The first kappa shape index (κ1) is 23.6. The van der Waals surface area contributed by atoms with E-state index in [1.807, 2.05) is 0 Å². The van der Waals surface area contributed by atoms with Crippen molar-refractivity contribution in [1.29, 1.82) is 0 Å². The lowest BCUT2D eigenvalue weighted by atomic mass is 10.0. The summed E-state index contributed by atoms with van der Waals surface area (Å²) in [6.07, 6.45) is -0.901. The van der Waals surface area contributed by atoms with Gasteiger partial charge in [0.05, 0.1) is 16.8 Å². The number of fused-ring (bicyclic) bond motifs is 1. The van der Waals surface area contributed by atoms with E-state index in [9.17, 15) is 27.6 Å². The standard InChI is InChI=1S/C23H26F3N3O3/c1-12-17(21(31)27-13-8-9-15(24)14(11-13)20(25)26)16-7-5-6-10-29(16)18(12)19(30)22(32)28-23(2,3)4/h8-9,11,20H,5-7,10H2,1-4H3,(H,27,31)(H,28,32). The van der Waals surface area contributed by atoms with Crippen molar-refractivity contribution < 1.29 is 27.6 Å². The molecule has 0 unspecified atom stereocenters. The number of Topliss-reactive ketones (excluding diaryl/α,β-unsaturated/α-hetero) is 1. The smallest absolute Gasteiger partial charge is 0.294 e. The number of alkyl halides is 2. The monoisotopic (exact) mass is 449 g/mol. The highest BCUT2D eigenvalue weighted by molar-refractivity contribution is 6.43. The van der Waals surface area contributed by atoms with Gasteiger partial charge in [-0.15, -0.1) is 0 Å². The number of hydrogen-bond acceptors (Lipinski definition) is 3. The molecule has 0 fully saturated rings. The fourth-order valence-corrected chi connectivity index (χ4v) is 3.96. The van der Waals surface area contributed by atoms with Crippen LogP contribution in [0.2, 0.25) is 0 Å². The fraction of sp³-hybridized carbons (Fsp3) is 0.435. The summed E-state index contributed by atoms with van der Waals surface area (Å²) < 4.78 is 41.3. The van der Waals surface area contributed by atoms with Crippen molar-refractivity contribution in [3.05, 3.63) is 52.1 Å². The molecule has 2 N–H and O–H groups in total. The highest BCUT2D eigenvalue weighted by Gasteiger charge is 2.33. The van der Waals surface area contributed by atoms with Gasteiger partial charge in [0.2, 0.25) is 0 Å². The van der Waals surface area contributed by atoms with Gasteiger partial charge in [0.25, 0.3) is 24.0 Å². The summed E-state index contributed by atoms with van der Waals surface area (Å²) in [5, 5.41) is 5.17. The number of halogens is 3. The zero-order valence-corrected chi connectivity index (χ0v) is 18.4. The van der Waals surface area contributed by atoms with Gasteiger partial charge in [-0.2, -0.15) is 0 Å². The molecule has 2 aromatic rings. The normalized spacial score (nSPS) is 13.6. The van der Waals surface area contributed by atoms with Crippen LogP contribution in [0.15, 0.2) is 18.2 Å². The van der Waals surface area contributed by atoms with Crippen molar-refractivity contribution in [3.63, 3.8) is 0 Å². The third kappa shape index (κ3) is 4.71. The average Bonchev–Trinajstić information content (AvgIpc) is 2.99. The van der Waals surface area contributed by atoms with E-state index in [0.717, 1.165) is 25.0 Å². The molecule has 1 aliphatic rings. The zero-order valence-electron chi connectivity index (χ0n) is 18.4. The molecule has 0 bridgehead atoms. The Bertz CT molecular complexity index is 1080. The number of amides is 2. The Labute approximate surface area is 184 Å². The van der Waals surface area contributed by atoms with E-state index in [1.165, 1.54) is 6.07 Å². The molecule has 0 saturated heterocycles. The van der Waals surface area contributed by atoms with E-state index in [1.54, 1.807) is 32.3 Å². The topological polar surface area (TPSA) is 80.2 Å². The van der Waals surface area contributed by atoms with Gasteiger partial charge < -0.3 is 15.2 Å². The zero-order chi connectivity index (χ0) is 23.8. The van der Waals surface area contributed by atoms with E-state index >= 15 is 0 Å². The molecule has 0 aliphatic carbocycles. The highest BCUT2D eigenvalue weighted by Crippen LogP contribution is 2.30. The number of nitrogens with zero attached hydrogens (tertiary/aromatic N) is 1. The fourth-order valence-electron chi connectivity index (χ4n) is 3.96. The minimum atomic E-state index is -3.03. The van der Waals surface area contributed by atoms with Crippen molar-refractivity contribution in [1.82, 2.24) is 9.88 Å². The molecule has 2 amide bonds. The van der Waals surface area contributed by atoms with Crippen LogP contribution < -0.4 is 10.6 Å². The van der Waals surface area contributed by atoms with Gasteiger partial charge in [0.15, 0.2) is 0 Å². The van der Waals surface area contributed by atoms with Crippen LogP contribution >= 0.6 is 0 Å². The summed E-state index contributed by atoms with van der Waals surface area (Å²) in [5.41, 5.74) is -0.0470. The number of benzene rings is 1. The Morgan fingerprint density at radius 1 is 1.12 bits per heavy atom. The predicted octanol–water partition coefficient (Wildman–Crippen LogP) is 4.56. The average molecular weight is 449 g/mol. The number of rotatable bonds is 5. The second kappa shape index (κ2) is 8.80. The highest BCUT2D eigenvalue weighted by atomic mass is 19.3. The van der Waals surface area contributed by atoms with Gasteiger partial charge in [-0.05, 0) is 70.7 Å². The summed E-state index contributed by atoms with van der Waals surface area (Å²) in [6, 6.07) is 2.95. The van der Waals surface area contributed by atoms with Crippen LogP contribution in [0.3, 0.4) is 0 Å². The minimum Gasteiger partial charge on any atom is -0.345 e. The maximum Gasteiger partial charge on any atom is 0.294 e. The molecule has 9 heteroatoms. The van der Waals surface area contributed by atoms with Gasteiger partial charge >= 0.3 is 0 Å². The first-order chi connectivity index (χ1) is 14.9. The molecule has 0 saturated carbocycles. The Balaban J connectivity index is 1.99. The van der Waals surface area contributed by atoms with Crippen LogP contribution in [0.25, 0.3) is 0 Å². The second-order valence-electron chi connectivity index (χ2n) is 8.93. The van der Waals surface area contributed by atoms with Crippen molar-refractivity contribution in [2.75, 3.05) is 5.32 Å². The number of ketones is 1. The number of anilines is 1. The van der Waals surface area contributed by atoms with Crippen molar-refractivity contribution >= 4 is 23.3 Å². The van der Waals surface area contributed by atoms with Crippen LogP contribution in [0.4, 0.5) is 18.9 Å². The first-order valence-electron chi connectivity index (χ1n) is 10.4. The van der Waals surface area contributed by atoms with Gasteiger partial charge in [0.1, 0.15) is 5.82 Å². The molecule has 6 nitrogen and oxygen atoms in total. The molecule has 2 heterocycles. The molecule has 3 rings (SSSR count). The Morgan fingerprint density at radius 2 is 1.81 bits per heavy atom. The first-order valence-corrected chi connectivity index (χ1v) is 10.4. The minimum absolute atomic E-state index is 0.0141. The quantitative estimate of drug-likeness (QED) is 0.519. The molecule has 0 spiro atoms. The Hall–Kier alpha value is -3.10. The molecule has 32 heavy (non-hydrogen) atoms. The lowest BCUT2D eigenvalue weighted by Crippen LogP contribution is -2.44. The number of carbonyl (C=O) groups is 3. The maximum absolute atomic E-state index is 13.6. The molecule has 1 aliphatic heterocycles. The van der Waals surface area contributed by atoms with E-state index in [0.29, 0.717) is 24.2 Å². The third-order valence-electron chi connectivity index (χ3n) is 5.29. The molecular weight excluding hydrogens is 423 g/mol. The van der Waals surface area contributed by atoms with Gasteiger partial charge in [-0.25, -0.2) is 13.2 Å². The van der Waals surface area contributed by atoms with E-state index in [4.69, 9.17) is 0 Å². The number of carbonyl (C=O) groups excluding carboxylic acids is 3. The lowest BCUT2D eigenvalue weighted by Gasteiger charge is -2.21. The molecule has 0 radical (unpaired) electrons. The van der Waals surface area contributed by atoms with Gasteiger partial charge in [0, 0.05) is 23.5 Å². The molecular formula is C23H26F3N3O3. The van der Waals surface area contributed by atoms with Crippen LogP contribution in [0.5, 0.6) is 0 Å². The van der Waals surface area contributed by atoms with Gasteiger partial charge in [-0.1, -0.05) is 0 Å². The molecule has 0 atom stereocenters. The Kier molecular flexibility index (Phi) is 6.48. The van der Waals surface area contributed by atoms with E-state index < -0.39 is 40.9 Å². The number of aromatic nitrogens is 1. The molecule has 1 aromatic heterocycles. The van der Waals surface area contributed by atoms with E-state index in [2.05, 4.69) is 10.6 Å². The second-order valence-corrected chi connectivity index (χ2v) is 8.93. The van der Waals surface area contributed by atoms with Crippen LogP contribution in [-0.2, 0) is 17.8 Å². The Morgan fingerprint density at radius 3 is 2.44 bits per heavy atom. The van der Waals surface area contributed by atoms with Crippen molar-refractivity contribution in [2.24, 2.45) is 0 Å². The summed E-state index contributed by atoms with van der Waals surface area (Å²) in [6.45, 7) is 7.35. The predicted molar refractivity (Wildman–Crippen MR) is 114 cm³/mol. The van der Waals surface area contributed by atoms with Crippen molar-refractivity contribution in [3.8, 4) is 0 Å². The lowest BCUT2D eigenvalue weighted by molar-refractivity contribution is -0.118. The van der Waals surface area contributed by atoms with Crippen LogP contribution in [0, 0.1) is 12.7 Å². The van der Waals surface area contributed by atoms with Crippen LogP contribution in [0.1, 0.15) is 77.7 Å². The summed E-state index contributed by atoms with van der Waals surface area (Å²) in [5.74, 6) is -3.16. The number of hydrogen-bond donors (Lipinski definition) is 2.